The number of aromatic nitrogens is 3. The van der Waals surface area contributed by atoms with Gasteiger partial charge in [-0.3, -0.25) is 14.9 Å². The summed E-state index contributed by atoms with van der Waals surface area (Å²) in [5.41, 5.74) is 2.91. The molecule has 0 aliphatic carbocycles. The molecule has 1 aliphatic heterocycles. The van der Waals surface area contributed by atoms with Gasteiger partial charge < -0.3 is 14.8 Å². The number of carbonyl (C=O) groups is 1. The Morgan fingerprint density at radius 2 is 2.22 bits per heavy atom. The molecule has 0 saturated heterocycles. The Kier molecular flexibility index (Phi) is 4.74. The third kappa shape index (κ3) is 3.76. The molecule has 0 bridgehead atoms. The molecule has 0 radical (unpaired) electrons. The van der Waals surface area contributed by atoms with Crippen LogP contribution in [0.2, 0.25) is 0 Å². The number of hydrogen-bond acceptors (Lipinski definition) is 5. The first-order valence-electron chi connectivity index (χ1n) is 8.77. The van der Waals surface area contributed by atoms with Crippen LogP contribution in [0.25, 0.3) is 11.4 Å². The minimum Gasteiger partial charge on any atom is -0.497 e. The molecule has 1 unspecified atom stereocenters. The molecular formula is C20H20N4O3. The number of amides is 1. The Bertz CT molecular complexity index is 939. The van der Waals surface area contributed by atoms with E-state index in [1.54, 1.807) is 19.4 Å². The van der Waals surface area contributed by atoms with Crippen molar-refractivity contribution in [2.45, 2.75) is 6.42 Å². The molecular weight excluding hydrogens is 344 g/mol. The summed E-state index contributed by atoms with van der Waals surface area (Å²) in [5, 5.41) is 9.89. The Morgan fingerprint density at radius 1 is 1.30 bits per heavy atom. The Balaban J connectivity index is 1.35. The fourth-order valence-electron chi connectivity index (χ4n) is 3.09. The van der Waals surface area contributed by atoms with Gasteiger partial charge in [0.25, 0.3) is 5.91 Å². The number of methoxy groups -OCH3 is 1. The topological polar surface area (TPSA) is 89.1 Å². The third-order valence-electron chi connectivity index (χ3n) is 4.56. The number of ether oxygens (including phenoxy) is 2. The Hall–Kier alpha value is -3.35. The number of nitrogens with zero attached hydrogens (tertiary/aromatic N) is 2. The van der Waals surface area contributed by atoms with Crippen molar-refractivity contribution in [1.29, 1.82) is 0 Å². The molecule has 7 nitrogen and oxygen atoms in total. The van der Waals surface area contributed by atoms with Crippen LogP contribution in [0.4, 0.5) is 0 Å². The van der Waals surface area contributed by atoms with E-state index in [1.807, 2.05) is 36.4 Å². The van der Waals surface area contributed by atoms with E-state index in [0.29, 0.717) is 24.5 Å². The third-order valence-corrected chi connectivity index (χ3v) is 4.56. The smallest absolute Gasteiger partial charge is 0.269 e. The average Bonchev–Trinajstić information content (AvgIpc) is 3.22. The van der Waals surface area contributed by atoms with E-state index in [-0.39, 0.29) is 11.8 Å². The number of carbonyl (C=O) groups excluding carboxylic acids is 1. The molecule has 2 aromatic heterocycles. The van der Waals surface area contributed by atoms with Crippen LogP contribution in [0.5, 0.6) is 11.5 Å². The molecule has 3 heterocycles. The average molecular weight is 364 g/mol. The zero-order chi connectivity index (χ0) is 18.6. The maximum atomic E-state index is 12.4. The van der Waals surface area contributed by atoms with Crippen LogP contribution in [-0.4, -0.2) is 41.3 Å². The molecule has 1 atom stereocenters. The largest absolute Gasteiger partial charge is 0.497 e. The van der Waals surface area contributed by atoms with Crippen LogP contribution in [0.3, 0.4) is 0 Å². The van der Waals surface area contributed by atoms with Crippen molar-refractivity contribution >= 4 is 5.91 Å². The van der Waals surface area contributed by atoms with Crippen molar-refractivity contribution in [2.75, 3.05) is 20.3 Å². The summed E-state index contributed by atoms with van der Waals surface area (Å²) in [7, 11) is 1.64. The molecule has 0 saturated carbocycles. The van der Waals surface area contributed by atoms with Gasteiger partial charge in [-0.05, 0) is 36.2 Å². The van der Waals surface area contributed by atoms with Gasteiger partial charge >= 0.3 is 0 Å². The molecule has 0 spiro atoms. The van der Waals surface area contributed by atoms with E-state index in [2.05, 4.69) is 20.5 Å². The lowest BCUT2D eigenvalue weighted by molar-refractivity contribution is 0.0934. The minimum absolute atomic E-state index is 0.190. The van der Waals surface area contributed by atoms with E-state index in [1.165, 1.54) is 0 Å². The summed E-state index contributed by atoms with van der Waals surface area (Å²) >= 11 is 0. The summed E-state index contributed by atoms with van der Waals surface area (Å²) in [6.45, 7) is 1.09. The van der Waals surface area contributed by atoms with Gasteiger partial charge in [-0.1, -0.05) is 12.1 Å². The molecule has 7 heteroatoms. The lowest BCUT2D eigenvalue weighted by Crippen LogP contribution is -2.35. The highest BCUT2D eigenvalue weighted by molar-refractivity contribution is 5.93. The number of fused-ring (bicyclic) bond motifs is 1. The first-order valence-corrected chi connectivity index (χ1v) is 8.77. The maximum absolute atomic E-state index is 12.4. The zero-order valence-corrected chi connectivity index (χ0v) is 14.9. The van der Waals surface area contributed by atoms with Gasteiger partial charge in [-0.15, -0.1) is 0 Å². The van der Waals surface area contributed by atoms with Crippen molar-refractivity contribution in [3.8, 4) is 22.9 Å². The van der Waals surface area contributed by atoms with E-state index in [4.69, 9.17) is 9.47 Å². The molecule has 138 valence electrons. The van der Waals surface area contributed by atoms with E-state index < -0.39 is 0 Å². The van der Waals surface area contributed by atoms with Gasteiger partial charge in [0.2, 0.25) is 0 Å². The molecule has 1 amide bonds. The van der Waals surface area contributed by atoms with Gasteiger partial charge in [-0.25, -0.2) is 0 Å². The van der Waals surface area contributed by atoms with Gasteiger partial charge in [0.05, 0.1) is 19.4 Å². The second-order valence-electron chi connectivity index (χ2n) is 6.45. The Morgan fingerprint density at radius 3 is 3.04 bits per heavy atom. The lowest BCUT2D eigenvalue weighted by Gasteiger charge is -2.25. The highest BCUT2D eigenvalue weighted by atomic mass is 16.5. The molecule has 1 aromatic carbocycles. The van der Waals surface area contributed by atoms with E-state index in [9.17, 15) is 4.79 Å². The fraction of sp³-hybridized carbons (Fsp3) is 0.250. The molecule has 1 aliphatic rings. The summed E-state index contributed by atoms with van der Waals surface area (Å²) in [5.74, 6) is 1.66. The Labute approximate surface area is 156 Å². The number of H-pyrrole nitrogens is 1. The van der Waals surface area contributed by atoms with Gasteiger partial charge in [0.15, 0.2) is 0 Å². The number of aromatic amines is 1. The first-order chi connectivity index (χ1) is 13.2. The second kappa shape index (κ2) is 7.49. The summed E-state index contributed by atoms with van der Waals surface area (Å²) in [6, 6.07) is 13.1. The minimum atomic E-state index is -0.190. The summed E-state index contributed by atoms with van der Waals surface area (Å²) in [4.78, 5) is 16.6. The normalized spacial score (nSPS) is 15.5. The molecule has 0 fully saturated rings. The van der Waals surface area contributed by atoms with Gasteiger partial charge in [0, 0.05) is 24.7 Å². The van der Waals surface area contributed by atoms with Gasteiger partial charge in [-0.2, -0.15) is 5.10 Å². The monoisotopic (exact) mass is 364 g/mol. The van der Waals surface area contributed by atoms with Crippen LogP contribution >= 0.6 is 0 Å². The van der Waals surface area contributed by atoms with Crippen LogP contribution in [0.15, 0.2) is 48.7 Å². The van der Waals surface area contributed by atoms with Crippen molar-refractivity contribution in [3.05, 3.63) is 59.9 Å². The molecule has 3 aromatic rings. The summed E-state index contributed by atoms with van der Waals surface area (Å²) < 4.78 is 11.0. The number of hydrogen-bond donors (Lipinski definition) is 2. The van der Waals surface area contributed by atoms with E-state index in [0.717, 1.165) is 29.2 Å². The van der Waals surface area contributed by atoms with Crippen LogP contribution in [0.1, 0.15) is 16.1 Å². The van der Waals surface area contributed by atoms with Crippen molar-refractivity contribution in [2.24, 2.45) is 5.92 Å². The molecule has 4 rings (SSSR count). The van der Waals surface area contributed by atoms with Crippen LogP contribution in [0, 0.1) is 5.92 Å². The number of benzene rings is 1. The highest BCUT2D eigenvalue weighted by Crippen LogP contribution is 2.30. The lowest BCUT2D eigenvalue weighted by atomic mass is 9.96. The van der Waals surface area contributed by atoms with E-state index >= 15 is 0 Å². The van der Waals surface area contributed by atoms with Crippen LogP contribution in [-0.2, 0) is 6.42 Å². The quantitative estimate of drug-likeness (QED) is 0.726. The maximum Gasteiger partial charge on any atom is 0.269 e. The first kappa shape index (κ1) is 17.1. The van der Waals surface area contributed by atoms with Crippen molar-refractivity contribution < 1.29 is 14.3 Å². The van der Waals surface area contributed by atoms with Gasteiger partial charge in [0.1, 0.15) is 22.9 Å². The molecule has 27 heavy (non-hydrogen) atoms. The highest BCUT2D eigenvalue weighted by Gasteiger charge is 2.21. The van der Waals surface area contributed by atoms with Crippen LogP contribution < -0.4 is 14.8 Å². The predicted molar refractivity (Wildman–Crippen MR) is 99.8 cm³/mol. The number of pyridine rings is 1. The fourth-order valence-corrected chi connectivity index (χ4v) is 3.09. The SMILES string of the molecule is COc1ccc2c(c1)OCC(CNC(=O)c1cc(-c3ccccn3)n[nH]1)C2. The van der Waals surface area contributed by atoms with Crippen molar-refractivity contribution in [3.63, 3.8) is 0 Å². The number of rotatable bonds is 5. The number of nitrogens with one attached hydrogen (secondary N) is 2. The predicted octanol–water partition coefficient (Wildman–Crippen LogP) is 2.46. The molecule has 2 N–H and O–H groups in total. The summed E-state index contributed by atoms with van der Waals surface area (Å²) in [6.07, 6.45) is 2.54. The zero-order valence-electron chi connectivity index (χ0n) is 14.9. The standard InChI is InChI=1S/C20H20N4O3/c1-26-15-6-5-14-8-13(12-27-19(14)9-15)11-22-20(25)18-10-17(23-24-18)16-4-2-3-7-21-16/h2-7,9-10,13H,8,11-12H2,1H3,(H,22,25)(H,23,24). The van der Waals surface area contributed by atoms with Crippen molar-refractivity contribution in [1.82, 2.24) is 20.5 Å². The second-order valence-corrected chi connectivity index (χ2v) is 6.45.